The zero-order valence-electron chi connectivity index (χ0n) is 17.0. The highest BCUT2D eigenvalue weighted by molar-refractivity contribution is 6.36. The van der Waals surface area contributed by atoms with E-state index in [4.69, 9.17) is 0 Å². The number of hydrogen-bond acceptors (Lipinski definition) is 4. The van der Waals surface area contributed by atoms with E-state index < -0.39 is 0 Å². The Balaban J connectivity index is 1.45. The van der Waals surface area contributed by atoms with Crippen LogP contribution in [0.2, 0.25) is 0 Å². The Labute approximate surface area is 180 Å². The largest absolute Gasteiger partial charge is 0.368 e. The third-order valence-corrected chi connectivity index (χ3v) is 5.85. The zero-order chi connectivity index (χ0) is 21.2. The molecular formula is C25H22N4O2. The molecule has 1 fully saturated rings. The van der Waals surface area contributed by atoms with Crippen molar-refractivity contribution in [3.63, 3.8) is 0 Å². The van der Waals surface area contributed by atoms with E-state index in [2.05, 4.69) is 27.3 Å². The van der Waals surface area contributed by atoms with E-state index >= 15 is 0 Å². The smallest absolute Gasteiger partial charge is 0.256 e. The molecule has 5 rings (SSSR count). The number of carbonyl (C=O) groups is 2. The van der Waals surface area contributed by atoms with Gasteiger partial charge in [0.05, 0.1) is 5.57 Å². The maximum atomic E-state index is 12.8. The summed E-state index contributed by atoms with van der Waals surface area (Å²) in [5.74, 6) is -0.0921. The summed E-state index contributed by atoms with van der Waals surface area (Å²) in [5.41, 5.74) is 6.55. The average Bonchev–Trinajstić information content (AvgIpc) is 3.15. The van der Waals surface area contributed by atoms with Gasteiger partial charge in [-0.3, -0.25) is 14.6 Å². The first-order chi connectivity index (χ1) is 15.2. The second kappa shape index (κ2) is 8.07. The molecule has 0 atom stereocenters. The van der Waals surface area contributed by atoms with Gasteiger partial charge in [-0.25, -0.2) is 0 Å². The lowest BCUT2D eigenvalue weighted by atomic mass is 9.94. The number of pyridine rings is 1. The number of amides is 2. The third kappa shape index (κ3) is 3.68. The van der Waals surface area contributed by atoms with Gasteiger partial charge in [-0.2, -0.15) is 0 Å². The van der Waals surface area contributed by atoms with Gasteiger partial charge in [0.25, 0.3) is 5.91 Å². The number of fused-ring (bicyclic) bond motifs is 1. The zero-order valence-corrected chi connectivity index (χ0v) is 17.0. The number of rotatable bonds is 4. The van der Waals surface area contributed by atoms with Crippen LogP contribution in [0.1, 0.15) is 11.1 Å². The molecule has 2 amide bonds. The monoisotopic (exact) mass is 410 g/mol. The SMILES string of the molecule is O=CN1CCN(c2ccc(/C=C3\C(=O)Nc4cccc(-c5ccncc5)c43)cc2)CC1. The molecule has 2 aliphatic rings. The van der Waals surface area contributed by atoms with Crippen LogP contribution in [0.25, 0.3) is 22.8 Å². The van der Waals surface area contributed by atoms with E-state index in [1.54, 1.807) is 17.3 Å². The molecule has 6 nitrogen and oxygen atoms in total. The van der Waals surface area contributed by atoms with Crippen LogP contribution in [0, 0.1) is 0 Å². The van der Waals surface area contributed by atoms with E-state index in [1.165, 1.54) is 0 Å². The van der Waals surface area contributed by atoms with Gasteiger partial charge in [-0.15, -0.1) is 0 Å². The second-order valence-corrected chi connectivity index (χ2v) is 7.70. The van der Waals surface area contributed by atoms with Gasteiger partial charge in [-0.05, 0) is 53.1 Å². The Bertz CT molecular complexity index is 1150. The van der Waals surface area contributed by atoms with Crippen LogP contribution in [0.3, 0.4) is 0 Å². The van der Waals surface area contributed by atoms with Gasteiger partial charge in [0.2, 0.25) is 6.41 Å². The molecule has 2 aliphatic heterocycles. The lowest BCUT2D eigenvalue weighted by Gasteiger charge is -2.34. The highest BCUT2D eigenvalue weighted by Crippen LogP contribution is 2.40. The molecule has 0 unspecified atom stereocenters. The Morgan fingerprint density at radius 3 is 2.35 bits per heavy atom. The number of carbonyl (C=O) groups excluding carboxylic acids is 2. The second-order valence-electron chi connectivity index (χ2n) is 7.70. The maximum absolute atomic E-state index is 12.8. The molecule has 1 N–H and O–H groups in total. The van der Waals surface area contributed by atoms with E-state index in [0.717, 1.165) is 66.2 Å². The van der Waals surface area contributed by atoms with Crippen LogP contribution < -0.4 is 10.2 Å². The summed E-state index contributed by atoms with van der Waals surface area (Å²) in [6.07, 6.45) is 6.38. The molecule has 2 aromatic carbocycles. The van der Waals surface area contributed by atoms with Gasteiger partial charge in [0, 0.05) is 55.5 Å². The molecular weight excluding hydrogens is 388 g/mol. The fraction of sp³-hybridized carbons (Fsp3) is 0.160. The molecule has 0 radical (unpaired) electrons. The lowest BCUT2D eigenvalue weighted by Crippen LogP contribution is -2.45. The molecule has 1 aromatic heterocycles. The topological polar surface area (TPSA) is 65.5 Å². The van der Waals surface area contributed by atoms with Crippen molar-refractivity contribution in [2.75, 3.05) is 36.4 Å². The highest BCUT2D eigenvalue weighted by Gasteiger charge is 2.27. The first-order valence-electron chi connectivity index (χ1n) is 10.3. The minimum absolute atomic E-state index is 0.0921. The Morgan fingerprint density at radius 2 is 1.65 bits per heavy atom. The molecule has 1 saturated heterocycles. The summed E-state index contributed by atoms with van der Waals surface area (Å²) in [6, 6.07) is 18.0. The Hall–Kier alpha value is -3.93. The molecule has 154 valence electrons. The van der Waals surface area contributed by atoms with Crippen LogP contribution >= 0.6 is 0 Å². The number of nitrogens with zero attached hydrogens (tertiary/aromatic N) is 3. The lowest BCUT2D eigenvalue weighted by molar-refractivity contribution is -0.118. The van der Waals surface area contributed by atoms with Crippen molar-refractivity contribution in [1.82, 2.24) is 9.88 Å². The molecule has 0 aliphatic carbocycles. The Morgan fingerprint density at radius 1 is 0.903 bits per heavy atom. The summed E-state index contributed by atoms with van der Waals surface area (Å²) < 4.78 is 0. The molecule has 0 spiro atoms. The third-order valence-electron chi connectivity index (χ3n) is 5.85. The number of hydrogen-bond donors (Lipinski definition) is 1. The van der Waals surface area contributed by atoms with Gasteiger partial charge >= 0.3 is 0 Å². The first-order valence-corrected chi connectivity index (χ1v) is 10.3. The van der Waals surface area contributed by atoms with E-state index in [9.17, 15) is 9.59 Å². The fourth-order valence-corrected chi connectivity index (χ4v) is 4.19. The summed E-state index contributed by atoms with van der Waals surface area (Å²) in [6.45, 7) is 3.13. The highest BCUT2D eigenvalue weighted by atomic mass is 16.2. The van der Waals surface area contributed by atoms with Crippen molar-refractivity contribution in [2.24, 2.45) is 0 Å². The average molecular weight is 410 g/mol. The Kier molecular flexibility index (Phi) is 4.96. The number of anilines is 2. The molecule has 31 heavy (non-hydrogen) atoms. The van der Waals surface area contributed by atoms with E-state index in [-0.39, 0.29) is 5.91 Å². The number of nitrogens with one attached hydrogen (secondary N) is 1. The summed E-state index contributed by atoms with van der Waals surface area (Å²) >= 11 is 0. The van der Waals surface area contributed by atoms with Crippen molar-refractivity contribution in [1.29, 1.82) is 0 Å². The minimum Gasteiger partial charge on any atom is -0.368 e. The number of benzene rings is 2. The van der Waals surface area contributed by atoms with Crippen molar-refractivity contribution in [2.45, 2.75) is 0 Å². The molecule has 0 saturated carbocycles. The van der Waals surface area contributed by atoms with Crippen LogP contribution in [0.4, 0.5) is 11.4 Å². The van der Waals surface area contributed by atoms with Gasteiger partial charge < -0.3 is 15.1 Å². The minimum atomic E-state index is -0.0921. The predicted molar refractivity (Wildman–Crippen MR) is 122 cm³/mol. The van der Waals surface area contributed by atoms with Crippen molar-refractivity contribution in [3.8, 4) is 11.1 Å². The molecule has 0 bridgehead atoms. The summed E-state index contributed by atoms with van der Waals surface area (Å²) in [4.78, 5) is 31.8. The normalized spacial score (nSPS) is 16.9. The van der Waals surface area contributed by atoms with Gasteiger partial charge in [-0.1, -0.05) is 24.3 Å². The van der Waals surface area contributed by atoms with Gasteiger partial charge in [0.15, 0.2) is 0 Å². The number of aromatic nitrogens is 1. The molecule has 6 heteroatoms. The van der Waals surface area contributed by atoms with Crippen molar-refractivity contribution < 1.29 is 9.59 Å². The van der Waals surface area contributed by atoms with Crippen molar-refractivity contribution in [3.05, 3.63) is 78.1 Å². The van der Waals surface area contributed by atoms with Crippen molar-refractivity contribution >= 4 is 35.3 Å². The van der Waals surface area contributed by atoms with E-state index in [1.807, 2.05) is 48.5 Å². The predicted octanol–water partition coefficient (Wildman–Crippen LogP) is 3.52. The van der Waals surface area contributed by atoms with Crippen LogP contribution in [0.5, 0.6) is 0 Å². The summed E-state index contributed by atoms with van der Waals surface area (Å²) in [5, 5.41) is 2.99. The van der Waals surface area contributed by atoms with Crippen LogP contribution in [-0.2, 0) is 9.59 Å². The summed E-state index contributed by atoms with van der Waals surface area (Å²) in [7, 11) is 0. The fourth-order valence-electron chi connectivity index (χ4n) is 4.19. The first kappa shape index (κ1) is 19.1. The van der Waals surface area contributed by atoms with Crippen LogP contribution in [0.15, 0.2) is 67.0 Å². The van der Waals surface area contributed by atoms with Gasteiger partial charge in [0.1, 0.15) is 0 Å². The quantitative estimate of drug-likeness (QED) is 0.528. The number of piperazine rings is 1. The van der Waals surface area contributed by atoms with E-state index in [0.29, 0.717) is 5.57 Å². The molecule has 3 heterocycles. The van der Waals surface area contributed by atoms with Crippen LogP contribution in [-0.4, -0.2) is 48.4 Å². The molecule has 3 aromatic rings. The maximum Gasteiger partial charge on any atom is 0.256 e. The standard InChI is InChI=1S/C25H22N4O2/c30-17-28-12-14-29(15-13-28)20-6-4-18(5-7-20)16-22-24-21(19-8-10-26-11-9-19)2-1-3-23(24)27-25(22)31/h1-11,16-17H,12-15H2,(H,27,31)/b22-16-.